The predicted molar refractivity (Wildman–Crippen MR) is 113 cm³/mol. The molecule has 0 fully saturated rings. The van der Waals surface area contributed by atoms with Gasteiger partial charge in [-0.2, -0.15) is 0 Å². The molecule has 0 saturated carbocycles. The van der Waals surface area contributed by atoms with Crippen LogP contribution in [0.2, 0.25) is 0 Å². The minimum atomic E-state index is -0.107. The largest absolute Gasteiger partial charge is 0.496 e. The van der Waals surface area contributed by atoms with E-state index in [1.807, 2.05) is 42.1 Å². The van der Waals surface area contributed by atoms with E-state index in [-0.39, 0.29) is 24.3 Å². The molecule has 5 nitrogen and oxygen atoms in total. The average molecular weight is 398 g/mol. The van der Waals surface area contributed by atoms with Crippen molar-refractivity contribution in [2.45, 2.75) is 6.42 Å². The number of ether oxygens (including phenoxy) is 2. The van der Waals surface area contributed by atoms with Crippen LogP contribution < -0.4 is 14.9 Å². The van der Waals surface area contributed by atoms with E-state index in [1.54, 1.807) is 26.4 Å². The maximum atomic E-state index is 12.2. The molecule has 2 aromatic rings. The number of nitrogens with zero attached hydrogens (tertiary/aromatic N) is 1. The van der Waals surface area contributed by atoms with Gasteiger partial charge in [-0.1, -0.05) is 12.1 Å². The number of pyridine rings is 1. The lowest BCUT2D eigenvalue weighted by molar-refractivity contribution is -0.107. The molecule has 0 saturated heterocycles. The highest BCUT2D eigenvalue weighted by Gasteiger charge is 2.20. The number of hydrogen-bond donors (Lipinski definition) is 0. The number of carbonyl (C=O) groups is 1. The molecule has 6 heteroatoms. The van der Waals surface area contributed by atoms with Gasteiger partial charge in [-0.3, -0.25) is 4.79 Å². The number of carbonyl (C=O) groups excluding carboxylic acids is 1. The summed E-state index contributed by atoms with van der Waals surface area (Å²) in [6, 6.07) is 11.0. The van der Waals surface area contributed by atoms with Crippen molar-refractivity contribution in [1.82, 2.24) is 4.57 Å². The summed E-state index contributed by atoms with van der Waals surface area (Å²) in [6.45, 7) is 0. The predicted octanol–water partition coefficient (Wildman–Crippen LogP) is 3.98. The van der Waals surface area contributed by atoms with Gasteiger partial charge in [0.25, 0.3) is 0 Å². The second-order valence-electron chi connectivity index (χ2n) is 6.51. The summed E-state index contributed by atoms with van der Waals surface area (Å²) in [6.07, 6.45) is 2.99. The van der Waals surface area contributed by atoms with Gasteiger partial charge in [0, 0.05) is 42.1 Å². The summed E-state index contributed by atoms with van der Waals surface area (Å²) < 4.78 is 13.1. The molecule has 1 aliphatic heterocycles. The highest BCUT2D eigenvalue weighted by Crippen LogP contribution is 2.43. The van der Waals surface area contributed by atoms with Crippen molar-refractivity contribution in [1.29, 1.82) is 0 Å². The average Bonchev–Trinajstić information content (AvgIpc) is 2.67. The molecule has 28 heavy (non-hydrogen) atoms. The van der Waals surface area contributed by atoms with E-state index >= 15 is 0 Å². The van der Waals surface area contributed by atoms with Gasteiger partial charge >= 0.3 is 0 Å². The van der Waals surface area contributed by atoms with Crippen molar-refractivity contribution in [3.05, 3.63) is 58.4 Å². The fraction of sp³-hybridized carbons (Fsp3) is 0.182. The zero-order valence-electron chi connectivity index (χ0n) is 15.8. The molecule has 0 unspecified atom stereocenters. The summed E-state index contributed by atoms with van der Waals surface area (Å²) in [5.41, 5.74) is 2.32. The fourth-order valence-electron chi connectivity index (χ4n) is 3.90. The van der Waals surface area contributed by atoms with Gasteiger partial charge in [0.15, 0.2) is 5.43 Å². The first-order valence-corrected chi connectivity index (χ1v) is 8.62. The monoisotopic (exact) mass is 397 g/mol. The molecule has 0 radical (unpaired) electrons. The van der Waals surface area contributed by atoms with Gasteiger partial charge in [0.05, 0.1) is 25.3 Å². The van der Waals surface area contributed by atoms with Crippen molar-refractivity contribution in [2.75, 3.05) is 14.2 Å². The molecule has 0 N–H and O–H groups in total. The van der Waals surface area contributed by atoms with Crippen LogP contribution in [0.25, 0.3) is 32.8 Å². The first kappa shape index (κ1) is 19.7. The van der Waals surface area contributed by atoms with Crippen molar-refractivity contribution >= 4 is 40.2 Å². The minimum absolute atomic E-state index is 0. The Kier molecular flexibility index (Phi) is 5.29. The van der Waals surface area contributed by atoms with Crippen LogP contribution >= 0.6 is 12.4 Å². The molecule has 4 rings (SSSR count). The molecule has 0 aromatic heterocycles. The summed E-state index contributed by atoms with van der Waals surface area (Å²) in [5.74, 6) is 1.43. The standard InChI is InChI=1S/C22H19NO4.ClH/c1-23-12-14-10-19(27-3)22-16(5-4-6-18(22)26-2)20(14)21-13(7-8-24)9-15(25)11-17(21)23;/h4-6,8-12H,7H2,1-3H3;1H. The normalized spacial score (nSPS) is 10.8. The van der Waals surface area contributed by atoms with Crippen molar-refractivity contribution in [2.24, 2.45) is 7.05 Å². The van der Waals surface area contributed by atoms with Crippen LogP contribution in [-0.4, -0.2) is 25.1 Å². The first-order chi connectivity index (χ1) is 13.1. The van der Waals surface area contributed by atoms with E-state index in [1.165, 1.54) is 0 Å². The SMILES string of the molecule is COc1cccc2c1c(OC)cc1cn(C)c3cc(=O)cc(CC=O)c-3c12.Cl. The van der Waals surface area contributed by atoms with Crippen molar-refractivity contribution in [3.8, 4) is 22.8 Å². The number of aromatic nitrogens is 1. The molecular weight excluding hydrogens is 378 g/mol. The Hall–Kier alpha value is -3.05. The second-order valence-corrected chi connectivity index (χ2v) is 6.51. The summed E-state index contributed by atoms with van der Waals surface area (Å²) in [5, 5.41) is 3.77. The fourth-order valence-corrected chi connectivity index (χ4v) is 3.90. The molecule has 1 aliphatic carbocycles. The number of halogens is 1. The summed E-state index contributed by atoms with van der Waals surface area (Å²) in [7, 11) is 5.16. The Morgan fingerprint density at radius 2 is 1.79 bits per heavy atom. The van der Waals surface area contributed by atoms with Crippen LogP contribution in [0.15, 0.2) is 47.4 Å². The zero-order chi connectivity index (χ0) is 19.1. The van der Waals surface area contributed by atoms with E-state index in [4.69, 9.17) is 9.47 Å². The maximum absolute atomic E-state index is 12.2. The Labute approximate surface area is 168 Å². The van der Waals surface area contributed by atoms with Crippen molar-refractivity contribution < 1.29 is 14.3 Å². The third-order valence-corrected chi connectivity index (χ3v) is 5.00. The van der Waals surface area contributed by atoms with Gasteiger partial charge in [-0.15, -0.1) is 12.4 Å². The molecule has 144 valence electrons. The topological polar surface area (TPSA) is 57.5 Å². The maximum Gasteiger partial charge on any atom is 0.181 e. The van der Waals surface area contributed by atoms with E-state index in [0.29, 0.717) is 11.5 Å². The van der Waals surface area contributed by atoms with Crippen molar-refractivity contribution in [3.63, 3.8) is 0 Å². The second kappa shape index (κ2) is 7.52. The number of aldehydes is 1. The molecule has 2 aliphatic rings. The van der Waals surface area contributed by atoms with Crippen LogP contribution in [0.4, 0.5) is 0 Å². The minimum Gasteiger partial charge on any atom is -0.496 e. The lowest BCUT2D eigenvalue weighted by Crippen LogP contribution is -2.10. The Bertz CT molecular complexity index is 1230. The number of methoxy groups -OCH3 is 2. The van der Waals surface area contributed by atoms with E-state index in [2.05, 4.69) is 0 Å². The van der Waals surface area contributed by atoms with Crippen LogP contribution in [0.3, 0.4) is 0 Å². The molecule has 0 bridgehead atoms. The lowest BCUT2D eigenvalue weighted by atomic mass is 9.90. The highest BCUT2D eigenvalue weighted by molar-refractivity contribution is 6.18. The zero-order valence-corrected chi connectivity index (χ0v) is 16.6. The lowest BCUT2D eigenvalue weighted by Gasteiger charge is -2.21. The molecule has 2 aromatic carbocycles. The third-order valence-electron chi connectivity index (χ3n) is 5.00. The number of fused-ring (bicyclic) bond motifs is 5. The van der Waals surface area contributed by atoms with E-state index < -0.39 is 0 Å². The molecular formula is C22H20ClNO4. The van der Waals surface area contributed by atoms with E-state index in [9.17, 15) is 9.59 Å². The number of hydrogen-bond acceptors (Lipinski definition) is 4. The van der Waals surface area contributed by atoms with Crippen LogP contribution in [0, 0.1) is 0 Å². The summed E-state index contributed by atoms with van der Waals surface area (Å²) >= 11 is 0. The summed E-state index contributed by atoms with van der Waals surface area (Å²) in [4.78, 5) is 23.4. The van der Waals surface area contributed by atoms with Gasteiger partial charge in [0.1, 0.15) is 17.8 Å². The van der Waals surface area contributed by atoms with Gasteiger partial charge in [-0.25, -0.2) is 0 Å². The molecule has 0 spiro atoms. The Morgan fingerprint density at radius 3 is 2.46 bits per heavy atom. The van der Waals surface area contributed by atoms with Crippen LogP contribution in [-0.2, 0) is 18.3 Å². The Morgan fingerprint density at radius 1 is 1.04 bits per heavy atom. The van der Waals surface area contributed by atoms with Crippen LogP contribution in [0.5, 0.6) is 11.5 Å². The smallest absolute Gasteiger partial charge is 0.181 e. The Balaban J connectivity index is 0.00000225. The van der Waals surface area contributed by atoms with Gasteiger partial charge in [-0.05, 0) is 29.1 Å². The first-order valence-electron chi connectivity index (χ1n) is 8.62. The van der Waals surface area contributed by atoms with Gasteiger partial charge < -0.3 is 18.8 Å². The third kappa shape index (κ3) is 2.88. The number of aryl methyl sites for hydroxylation is 1. The number of benzene rings is 3. The van der Waals surface area contributed by atoms with E-state index in [0.717, 1.165) is 44.7 Å². The quantitative estimate of drug-likeness (QED) is 0.386. The molecule has 1 heterocycles. The highest BCUT2D eigenvalue weighted by atomic mass is 35.5. The molecule has 0 amide bonds. The molecule has 0 atom stereocenters. The van der Waals surface area contributed by atoms with Crippen LogP contribution in [0.1, 0.15) is 5.56 Å². The number of rotatable bonds is 4. The van der Waals surface area contributed by atoms with Gasteiger partial charge in [0.2, 0.25) is 0 Å².